The number of hydrogen-bond acceptors (Lipinski definition) is 3. The van der Waals surface area contributed by atoms with Gasteiger partial charge in [-0.1, -0.05) is 24.6 Å². The van der Waals surface area contributed by atoms with Crippen molar-refractivity contribution in [3.8, 4) is 5.75 Å². The molecule has 1 atom stereocenters. The van der Waals surface area contributed by atoms with E-state index in [0.29, 0.717) is 23.4 Å². The normalized spacial score (nSPS) is 12.4. The van der Waals surface area contributed by atoms with Gasteiger partial charge < -0.3 is 15.2 Å². The van der Waals surface area contributed by atoms with Crippen LogP contribution in [0.2, 0.25) is 5.02 Å². The summed E-state index contributed by atoms with van der Waals surface area (Å²) in [6, 6.07) is 6.21. The van der Waals surface area contributed by atoms with E-state index < -0.39 is 0 Å². The van der Waals surface area contributed by atoms with Crippen molar-refractivity contribution < 1.29 is 9.84 Å². The molecule has 0 aliphatic carbocycles. The summed E-state index contributed by atoms with van der Waals surface area (Å²) in [5.74, 6) is 0.714. The molecule has 0 heterocycles. The first kappa shape index (κ1) is 16.3. The molecule has 108 valence electrons. The van der Waals surface area contributed by atoms with E-state index in [-0.39, 0.29) is 6.61 Å². The molecule has 0 bridgehead atoms. The fraction of sp³-hybridized carbons (Fsp3) is 0.600. The van der Waals surface area contributed by atoms with E-state index in [0.717, 1.165) is 25.8 Å². The lowest BCUT2D eigenvalue weighted by Gasteiger charge is -2.15. The van der Waals surface area contributed by atoms with Gasteiger partial charge in [-0.25, -0.2) is 0 Å². The molecule has 0 amide bonds. The van der Waals surface area contributed by atoms with Gasteiger partial charge in [0.1, 0.15) is 5.75 Å². The van der Waals surface area contributed by atoms with E-state index in [1.54, 1.807) is 0 Å². The maximum atomic E-state index is 8.70. The topological polar surface area (TPSA) is 41.5 Å². The fourth-order valence-corrected chi connectivity index (χ4v) is 2.02. The SMILES string of the molecule is CCCNC(C)c1ccc(OCCCCO)c(Cl)c1. The number of aliphatic hydroxyl groups excluding tert-OH is 1. The van der Waals surface area contributed by atoms with E-state index in [4.69, 9.17) is 21.4 Å². The van der Waals surface area contributed by atoms with Gasteiger partial charge in [0, 0.05) is 12.6 Å². The molecule has 0 aliphatic heterocycles. The molecule has 0 fully saturated rings. The maximum Gasteiger partial charge on any atom is 0.137 e. The van der Waals surface area contributed by atoms with Crippen molar-refractivity contribution in [2.24, 2.45) is 0 Å². The van der Waals surface area contributed by atoms with Crippen LogP contribution in [0.5, 0.6) is 5.75 Å². The van der Waals surface area contributed by atoms with Crippen LogP contribution in [-0.4, -0.2) is 24.9 Å². The fourth-order valence-electron chi connectivity index (χ4n) is 1.78. The molecule has 2 N–H and O–H groups in total. The third-order valence-electron chi connectivity index (χ3n) is 2.97. The third-order valence-corrected chi connectivity index (χ3v) is 3.26. The second-order valence-electron chi connectivity index (χ2n) is 4.64. The summed E-state index contributed by atoms with van der Waals surface area (Å²) in [5.41, 5.74) is 1.17. The lowest BCUT2D eigenvalue weighted by Crippen LogP contribution is -2.19. The van der Waals surface area contributed by atoms with E-state index >= 15 is 0 Å². The average Bonchev–Trinajstić information content (AvgIpc) is 2.42. The summed E-state index contributed by atoms with van der Waals surface area (Å²) in [7, 11) is 0. The predicted octanol–water partition coefficient (Wildman–Crippen LogP) is 3.55. The zero-order valence-electron chi connectivity index (χ0n) is 11.8. The Kier molecular flexibility index (Phi) is 7.87. The van der Waals surface area contributed by atoms with Crippen LogP contribution in [-0.2, 0) is 0 Å². The second-order valence-corrected chi connectivity index (χ2v) is 5.05. The number of nitrogens with one attached hydrogen (secondary N) is 1. The molecule has 1 rings (SSSR count). The quantitative estimate of drug-likeness (QED) is 0.682. The van der Waals surface area contributed by atoms with E-state index in [9.17, 15) is 0 Å². The molecule has 0 aliphatic rings. The van der Waals surface area contributed by atoms with Crippen molar-refractivity contribution in [3.63, 3.8) is 0 Å². The van der Waals surface area contributed by atoms with Crippen LogP contribution in [0, 0.1) is 0 Å². The number of hydrogen-bond donors (Lipinski definition) is 2. The van der Waals surface area contributed by atoms with Crippen molar-refractivity contribution >= 4 is 11.6 Å². The van der Waals surface area contributed by atoms with Crippen molar-refractivity contribution in [1.82, 2.24) is 5.32 Å². The van der Waals surface area contributed by atoms with Crippen molar-refractivity contribution in [2.45, 2.75) is 39.2 Å². The van der Waals surface area contributed by atoms with Gasteiger partial charge in [-0.05, 0) is 50.4 Å². The van der Waals surface area contributed by atoms with E-state index in [1.807, 2.05) is 18.2 Å². The predicted molar refractivity (Wildman–Crippen MR) is 80.0 cm³/mol. The molecule has 0 spiro atoms. The Bertz CT molecular complexity index is 371. The monoisotopic (exact) mass is 285 g/mol. The van der Waals surface area contributed by atoms with Crippen molar-refractivity contribution in [3.05, 3.63) is 28.8 Å². The number of aliphatic hydroxyl groups is 1. The second kappa shape index (κ2) is 9.18. The summed E-state index contributed by atoms with van der Waals surface area (Å²) in [5, 5.41) is 12.8. The Labute approximate surface area is 120 Å². The smallest absolute Gasteiger partial charge is 0.137 e. The minimum absolute atomic E-state index is 0.205. The number of benzene rings is 1. The molecule has 3 nitrogen and oxygen atoms in total. The first-order chi connectivity index (χ1) is 9.19. The highest BCUT2D eigenvalue weighted by molar-refractivity contribution is 6.32. The Morgan fingerprint density at radius 1 is 1.37 bits per heavy atom. The van der Waals surface area contributed by atoms with Crippen molar-refractivity contribution in [2.75, 3.05) is 19.8 Å². The van der Waals surface area contributed by atoms with E-state index in [2.05, 4.69) is 19.2 Å². The molecular weight excluding hydrogens is 262 g/mol. The first-order valence-corrected chi connectivity index (χ1v) is 7.33. The highest BCUT2D eigenvalue weighted by Crippen LogP contribution is 2.28. The van der Waals surface area contributed by atoms with Gasteiger partial charge in [-0.15, -0.1) is 0 Å². The molecule has 0 saturated heterocycles. The number of halogens is 1. The number of unbranched alkanes of at least 4 members (excludes halogenated alkanes) is 1. The summed E-state index contributed by atoms with van der Waals surface area (Å²) in [6.45, 7) is 6.07. The van der Waals surface area contributed by atoms with Crippen LogP contribution < -0.4 is 10.1 Å². The maximum absolute atomic E-state index is 8.70. The Morgan fingerprint density at radius 2 is 2.16 bits per heavy atom. The zero-order chi connectivity index (χ0) is 14.1. The summed E-state index contributed by atoms with van der Waals surface area (Å²) < 4.78 is 5.59. The molecule has 0 saturated carbocycles. The Hall–Kier alpha value is -0.770. The lowest BCUT2D eigenvalue weighted by atomic mass is 10.1. The zero-order valence-corrected chi connectivity index (χ0v) is 12.5. The van der Waals surface area contributed by atoms with Crippen LogP contribution in [0.4, 0.5) is 0 Å². The van der Waals surface area contributed by atoms with Gasteiger partial charge in [0.05, 0.1) is 11.6 Å². The van der Waals surface area contributed by atoms with Crippen LogP contribution in [0.15, 0.2) is 18.2 Å². The molecule has 0 radical (unpaired) electrons. The Balaban J connectivity index is 2.53. The third kappa shape index (κ3) is 5.81. The van der Waals surface area contributed by atoms with Crippen molar-refractivity contribution in [1.29, 1.82) is 0 Å². The van der Waals surface area contributed by atoms with Gasteiger partial charge in [-0.2, -0.15) is 0 Å². The van der Waals surface area contributed by atoms with E-state index in [1.165, 1.54) is 5.56 Å². The number of ether oxygens (including phenoxy) is 1. The Morgan fingerprint density at radius 3 is 2.79 bits per heavy atom. The van der Waals surface area contributed by atoms with Gasteiger partial charge >= 0.3 is 0 Å². The summed E-state index contributed by atoms with van der Waals surface area (Å²) >= 11 is 6.22. The van der Waals surface area contributed by atoms with Gasteiger partial charge in [0.2, 0.25) is 0 Å². The van der Waals surface area contributed by atoms with Gasteiger partial charge in [0.15, 0.2) is 0 Å². The molecule has 1 aromatic rings. The summed E-state index contributed by atoms with van der Waals surface area (Å²) in [4.78, 5) is 0. The van der Waals surface area contributed by atoms with Crippen LogP contribution >= 0.6 is 11.6 Å². The molecule has 19 heavy (non-hydrogen) atoms. The average molecular weight is 286 g/mol. The minimum atomic E-state index is 0.205. The molecule has 0 aromatic heterocycles. The molecular formula is C15H24ClNO2. The number of rotatable bonds is 9. The molecule has 1 aromatic carbocycles. The van der Waals surface area contributed by atoms with Crippen LogP contribution in [0.25, 0.3) is 0 Å². The highest BCUT2D eigenvalue weighted by atomic mass is 35.5. The lowest BCUT2D eigenvalue weighted by molar-refractivity contribution is 0.253. The van der Waals surface area contributed by atoms with Gasteiger partial charge in [-0.3, -0.25) is 0 Å². The van der Waals surface area contributed by atoms with Crippen LogP contribution in [0.1, 0.15) is 44.7 Å². The summed E-state index contributed by atoms with van der Waals surface area (Å²) in [6.07, 6.45) is 2.71. The molecule has 4 heteroatoms. The first-order valence-electron chi connectivity index (χ1n) is 6.95. The highest BCUT2D eigenvalue weighted by Gasteiger charge is 2.08. The van der Waals surface area contributed by atoms with Crippen LogP contribution in [0.3, 0.4) is 0 Å². The standard InChI is InChI=1S/C15H24ClNO2/c1-3-8-17-12(2)13-6-7-15(14(16)11-13)19-10-5-4-9-18/h6-7,11-12,17-18H,3-5,8-10H2,1-2H3. The largest absolute Gasteiger partial charge is 0.492 e. The molecule has 1 unspecified atom stereocenters. The van der Waals surface area contributed by atoms with Gasteiger partial charge in [0.25, 0.3) is 0 Å². The minimum Gasteiger partial charge on any atom is -0.492 e.